The number of aliphatic hydroxyl groups is 13. The highest BCUT2D eigenvalue weighted by atomic mass is 16.5. The topological polar surface area (TPSA) is 272 Å². The maximum absolute atomic E-state index is 9.03. The van der Waals surface area contributed by atoms with E-state index in [2.05, 4.69) is 0 Å². The molecule has 0 saturated heterocycles. The molecule has 35 heavy (non-hydrogen) atoms. The largest absolute Gasteiger partial charge is 0.396 e. The van der Waals surface area contributed by atoms with Crippen molar-refractivity contribution < 1.29 is 71.1 Å². The van der Waals surface area contributed by atoms with Crippen LogP contribution in [0, 0.1) is 21.7 Å². The van der Waals surface area contributed by atoms with Gasteiger partial charge in [0.2, 0.25) is 0 Å². The van der Waals surface area contributed by atoms with Gasteiger partial charge >= 0.3 is 0 Å². The van der Waals surface area contributed by atoms with Gasteiger partial charge < -0.3 is 71.1 Å². The smallest absolute Gasteiger partial charge is 0.0629 e. The molecule has 0 aliphatic heterocycles. The quantitative estimate of drug-likeness (QED) is 0.0796. The van der Waals surface area contributed by atoms with Crippen LogP contribution in [0.15, 0.2) is 0 Å². The highest BCUT2D eigenvalue weighted by Gasteiger charge is 2.33. The van der Waals surface area contributed by atoms with Gasteiger partial charge in [-0.05, 0) is 6.42 Å². The average molecular weight is 525 g/mol. The summed E-state index contributed by atoms with van der Waals surface area (Å²) in [4.78, 5) is 0. The molecule has 0 aromatic rings. The van der Waals surface area contributed by atoms with Gasteiger partial charge in [0.25, 0.3) is 0 Å². The van der Waals surface area contributed by atoms with Gasteiger partial charge in [-0.3, -0.25) is 0 Å². The van der Waals surface area contributed by atoms with Crippen LogP contribution in [0.3, 0.4) is 0 Å². The summed E-state index contributed by atoms with van der Waals surface area (Å²) in [5, 5.41) is 114. The first-order valence-corrected chi connectivity index (χ1v) is 11.1. The molecule has 0 heterocycles. The fraction of sp³-hybridized carbons (Fsp3) is 1.00. The summed E-state index contributed by atoms with van der Waals surface area (Å²) in [6.07, 6.45) is 0.594. The van der Waals surface area contributed by atoms with Gasteiger partial charge in [-0.2, -0.15) is 0 Å². The van der Waals surface area contributed by atoms with Gasteiger partial charge in [0.1, 0.15) is 0 Å². The van der Waals surface area contributed by atoms with Crippen molar-refractivity contribution in [2.45, 2.75) is 13.3 Å². The molecule has 13 N–H and O–H groups in total. The first kappa shape index (κ1) is 39.0. The van der Waals surface area contributed by atoms with E-state index in [1.165, 1.54) is 0 Å². The summed E-state index contributed by atoms with van der Waals surface area (Å²) in [5.41, 5.74) is -4.10. The van der Waals surface area contributed by atoms with E-state index in [0.717, 1.165) is 0 Å². The molecule has 0 unspecified atom stereocenters. The molecule has 0 saturated carbocycles. The molecule has 14 nitrogen and oxygen atoms in total. The Morgan fingerprint density at radius 1 is 0.343 bits per heavy atom. The summed E-state index contributed by atoms with van der Waals surface area (Å²) in [6, 6.07) is 0. The van der Waals surface area contributed by atoms with Crippen LogP contribution in [0.4, 0.5) is 0 Å². The molecule has 0 aromatic carbocycles. The highest BCUT2D eigenvalue weighted by molar-refractivity contribution is 4.80. The first-order valence-electron chi connectivity index (χ1n) is 11.1. The molecular formula is C21H48O14. The lowest BCUT2D eigenvalue weighted by Gasteiger charge is -2.31. The lowest BCUT2D eigenvalue weighted by Crippen LogP contribution is -2.43. The minimum atomic E-state index is -1.16. The van der Waals surface area contributed by atoms with Gasteiger partial charge in [0.05, 0.1) is 115 Å². The minimum absolute atomic E-state index is 0.141. The van der Waals surface area contributed by atoms with Crippen molar-refractivity contribution in [1.82, 2.24) is 0 Å². The second kappa shape index (κ2) is 21.5. The van der Waals surface area contributed by atoms with E-state index in [4.69, 9.17) is 71.1 Å². The Bertz CT molecular complexity index is 358. The zero-order valence-corrected chi connectivity index (χ0v) is 20.5. The van der Waals surface area contributed by atoms with Crippen LogP contribution in [0.2, 0.25) is 0 Å². The fourth-order valence-corrected chi connectivity index (χ4v) is 1.84. The lowest BCUT2D eigenvalue weighted by atomic mass is 9.88. The molecule has 0 rings (SSSR count). The van der Waals surface area contributed by atoms with Crippen LogP contribution in [0.5, 0.6) is 0 Å². The maximum Gasteiger partial charge on any atom is 0.0629 e. The Labute approximate surface area is 205 Å². The summed E-state index contributed by atoms with van der Waals surface area (Å²) in [6.45, 7) is -3.28. The van der Waals surface area contributed by atoms with Crippen LogP contribution in [0.25, 0.3) is 0 Å². The number of ether oxygens (including phenoxy) is 1. The average Bonchev–Trinajstić information content (AvgIpc) is 2.94. The molecule has 0 amide bonds. The highest BCUT2D eigenvalue weighted by Crippen LogP contribution is 2.20. The van der Waals surface area contributed by atoms with Crippen molar-refractivity contribution >= 4 is 0 Å². The minimum Gasteiger partial charge on any atom is -0.396 e. The Balaban J connectivity index is -0.000000481. The van der Waals surface area contributed by atoms with E-state index < -0.39 is 87.7 Å². The van der Waals surface area contributed by atoms with Crippen molar-refractivity contribution in [3.63, 3.8) is 0 Å². The predicted octanol–water partition coefficient (Wildman–Crippen LogP) is -5.77. The predicted molar refractivity (Wildman–Crippen MR) is 123 cm³/mol. The molecule has 216 valence electrons. The number of aliphatic hydroxyl groups excluding tert-OH is 13. The van der Waals surface area contributed by atoms with Gasteiger partial charge in [-0.25, -0.2) is 0 Å². The van der Waals surface area contributed by atoms with Crippen LogP contribution >= 0.6 is 0 Å². The second-order valence-electron chi connectivity index (χ2n) is 8.90. The van der Waals surface area contributed by atoms with Crippen molar-refractivity contribution in [2.24, 2.45) is 21.7 Å². The van der Waals surface area contributed by atoms with Crippen molar-refractivity contribution in [1.29, 1.82) is 0 Å². The summed E-state index contributed by atoms with van der Waals surface area (Å²) >= 11 is 0. The molecule has 0 aliphatic rings. The third-order valence-corrected chi connectivity index (χ3v) is 5.93. The molecule has 0 spiro atoms. The van der Waals surface area contributed by atoms with Gasteiger partial charge in [-0.1, -0.05) is 6.92 Å². The van der Waals surface area contributed by atoms with E-state index in [0.29, 0.717) is 6.42 Å². The number of hydrogen-bond acceptors (Lipinski definition) is 14. The number of rotatable bonds is 18. The molecule has 0 bridgehead atoms. The maximum atomic E-state index is 9.03. The van der Waals surface area contributed by atoms with E-state index in [9.17, 15) is 0 Å². The van der Waals surface area contributed by atoms with Crippen LogP contribution in [0.1, 0.15) is 13.3 Å². The fourth-order valence-electron chi connectivity index (χ4n) is 1.84. The molecule has 0 atom stereocenters. The van der Waals surface area contributed by atoms with Crippen LogP contribution < -0.4 is 0 Å². The molecule has 0 aliphatic carbocycles. The standard InChI is InChI=1S/C10H22O7.C6H14O3.C5H12O4/c11-1-9(2-12,3-13)7-17-8-10(4-14,5-15)6-16;1-2-6(3-7,4-8)5-9;6-1-5(2-7,3-8)4-9/h11-16H,1-8H2;7-9H,2-5H2,1H3;6-9H,1-4H2. The summed E-state index contributed by atoms with van der Waals surface area (Å²) in [5.74, 6) is 0. The van der Waals surface area contributed by atoms with E-state index in [1.807, 2.05) is 6.92 Å². The summed E-state index contributed by atoms with van der Waals surface area (Å²) < 4.78 is 5.15. The Morgan fingerprint density at radius 3 is 0.629 bits per heavy atom. The summed E-state index contributed by atoms with van der Waals surface area (Å²) in [7, 11) is 0. The van der Waals surface area contributed by atoms with E-state index in [-0.39, 0.29) is 33.0 Å². The molecule has 14 heteroatoms. The third kappa shape index (κ3) is 13.5. The van der Waals surface area contributed by atoms with Crippen molar-refractivity contribution in [3.05, 3.63) is 0 Å². The normalized spacial score (nSPS) is 12.5. The molecular weight excluding hydrogens is 476 g/mol. The lowest BCUT2D eigenvalue weighted by molar-refractivity contribution is -0.103. The third-order valence-electron chi connectivity index (χ3n) is 5.93. The van der Waals surface area contributed by atoms with E-state index in [1.54, 1.807) is 0 Å². The van der Waals surface area contributed by atoms with Crippen molar-refractivity contribution in [3.8, 4) is 0 Å². The monoisotopic (exact) mass is 524 g/mol. The second-order valence-corrected chi connectivity index (χ2v) is 8.90. The number of hydrogen-bond donors (Lipinski definition) is 13. The zero-order chi connectivity index (χ0) is 28.0. The van der Waals surface area contributed by atoms with Gasteiger partial charge in [0.15, 0.2) is 0 Å². The molecule has 0 fully saturated rings. The Morgan fingerprint density at radius 2 is 0.543 bits per heavy atom. The molecule has 0 radical (unpaired) electrons. The SMILES string of the molecule is CCC(CO)(CO)CO.OCC(CO)(CO)CO.OCC(CO)(CO)COCC(CO)(CO)CO. The van der Waals surface area contributed by atoms with Crippen LogP contribution in [-0.4, -0.2) is 165 Å². The Hall–Kier alpha value is -0.560. The molecule has 0 aromatic heterocycles. The Kier molecular flexibility index (Phi) is 24.0. The first-order chi connectivity index (χ1) is 16.6. The van der Waals surface area contributed by atoms with Gasteiger partial charge in [0, 0.05) is 5.41 Å². The van der Waals surface area contributed by atoms with Crippen molar-refractivity contribution in [2.75, 3.05) is 99.1 Å². The van der Waals surface area contributed by atoms with Gasteiger partial charge in [-0.15, -0.1) is 0 Å². The zero-order valence-electron chi connectivity index (χ0n) is 20.5. The van der Waals surface area contributed by atoms with E-state index >= 15 is 0 Å². The van der Waals surface area contributed by atoms with Crippen LogP contribution in [-0.2, 0) is 4.74 Å².